The van der Waals surface area contributed by atoms with Crippen LogP contribution in [0.15, 0.2) is 0 Å². The molecular formula is C9H17N2O2+. The quantitative estimate of drug-likeness (QED) is 0.624. The molecule has 2 amide bonds. The van der Waals surface area contributed by atoms with Gasteiger partial charge in [-0.15, -0.1) is 0 Å². The van der Waals surface area contributed by atoms with E-state index in [1.165, 1.54) is 0 Å². The first-order valence-electron chi connectivity index (χ1n) is 4.70. The Morgan fingerprint density at radius 1 is 1.46 bits per heavy atom. The molecule has 1 heterocycles. The fourth-order valence-corrected chi connectivity index (χ4v) is 1.70. The second kappa shape index (κ2) is 3.87. The van der Waals surface area contributed by atoms with Crippen LogP contribution in [-0.2, 0) is 9.59 Å². The number of carbonyl (C=O) groups is 2. The fourth-order valence-electron chi connectivity index (χ4n) is 1.70. The van der Waals surface area contributed by atoms with Crippen molar-refractivity contribution >= 4 is 11.8 Å². The van der Waals surface area contributed by atoms with Crippen molar-refractivity contribution in [1.29, 1.82) is 0 Å². The average molecular weight is 185 g/mol. The molecule has 3 N–H and O–H groups in total. The van der Waals surface area contributed by atoms with Crippen LogP contribution in [0.3, 0.4) is 0 Å². The smallest absolute Gasteiger partial charge is 0.327 e. The highest BCUT2D eigenvalue weighted by Crippen LogP contribution is 2.18. The monoisotopic (exact) mass is 185 g/mol. The maximum absolute atomic E-state index is 11.6. The highest BCUT2D eigenvalue weighted by Gasteiger charge is 2.35. The minimum absolute atomic E-state index is 0.0278. The van der Waals surface area contributed by atoms with Crippen LogP contribution in [0.25, 0.3) is 0 Å². The summed E-state index contributed by atoms with van der Waals surface area (Å²) in [6.07, 6.45) is 1.70. The molecule has 1 aliphatic rings. The molecule has 0 spiro atoms. The molecule has 1 atom stereocenters. The molecule has 0 aromatic heterocycles. The molecule has 1 saturated heterocycles. The molecule has 0 bridgehead atoms. The highest BCUT2D eigenvalue weighted by molar-refractivity contribution is 5.84. The molecule has 1 aliphatic heterocycles. The van der Waals surface area contributed by atoms with Gasteiger partial charge in [-0.1, -0.05) is 13.8 Å². The van der Waals surface area contributed by atoms with Gasteiger partial charge in [-0.05, 0) is 12.8 Å². The Morgan fingerprint density at radius 3 is 2.54 bits per heavy atom. The minimum Gasteiger partial charge on any atom is -0.327 e. The van der Waals surface area contributed by atoms with E-state index in [2.05, 4.69) is 5.73 Å². The Kier molecular flexibility index (Phi) is 3.03. The number of likely N-dealkylation sites (tertiary alicyclic amines) is 1. The summed E-state index contributed by atoms with van der Waals surface area (Å²) in [6.45, 7) is 4.42. The lowest BCUT2D eigenvalue weighted by Gasteiger charge is -2.22. The second-order valence-electron chi connectivity index (χ2n) is 3.81. The Hall–Kier alpha value is -0.900. The molecule has 1 rings (SSSR count). The van der Waals surface area contributed by atoms with Crippen molar-refractivity contribution in [2.75, 3.05) is 6.54 Å². The highest BCUT2D eigenvalue weighted by atomic mass is 16.2. The molecule has 4 heteroatoms. The third-order valence-electron chi connectivity index (χ3n) is 2.40. The van der Waals surface area contributed by atoms with E-state index in [9.17, 15) is 9.59 Å². The summed E-state index contributed by atoms with van der Waals surface area (Å²) in [5.41, 5.74) is 3.38. The van der Waals surface area contributed by atoms with Crippen molar-refractivity contribution in [3.05, 3.63) is 0 Å². The van der Waals surface area contributed by atoms with E-state index in [0.717, 1.165) is 12.8 Å². The molecule has 1 unspecified atom stereocenters. The van der Waals surface area contributed by atoms with Gasteiger partial charge in [0.15, 0.2) is 0 Å². The van der Waals surface area contributed by atoms with Gasteiger partial charge in [0.1, 0.15) is 6.04 Å². The number of hydrogen-bond acceptors (Lipinski definition) is 2. The van der Waals surface area contributed by atoms with Crippen molar-refractivity contribution in [2.45, 2.75) is 32.7 Å². The number of nitrogens with zero attached hydrogens (tertiary/aromatic N) is 1. The zero-order valence-electron chi connectivity index (χ0n) is 8.25. The lowest BCUT2D eigenvalue weighted by molar-refractivity contribution is -0.310. The molecular weight excluding hydrogens is 168 g/mol. The lowest BCUT2D eigenvalue weighted by atomic mass is 10.1. The Morgan fingerprint density at radius 2 is 2.08 bits per heavy atom. The number of rotatable bonds is 2. The van der Waals surface area contributed by atoms with Gasteiger partial charge in [0.05, 0.1) is 0 Å². The molecule has 74 valence electrons. The Balaban J connectivity index is 2.68. The van der Waals surface area contributed by atoms with E-state index in [0.29, 0.717) is 6.54 Å². The van der Waals surface area contributed by atoms with Crippen LogP contribution in [0.1, 0.15) is 26.7 Å². The summed E-state index contributed by atoms with van der Waals surface area (Å²) in [6, 6.07) is -0.255. The minimum atomic E-state index is -0.255. The van der Waals surface area contributed by atoms with Crippen LogP contribution in [-0.4, -0.2) is 29.3 Å². The summed E-state index contributed by atoms with van der Waals surface area (Å²) in [5.74, 6) is -0.0917. The van der Waals surface area contributed by atoms with Crippen molar-refractivity contribution < 1.29 is 15.3 Å². The van der Waals surface area contributed by atoms with Gasteiger partial charge >= 0.3 is 5.91 Å². The van der Waals surface area contributed by atoms with Gasteiger partial charge in [0.2, 0.25) is 5.91 Å². The van der Waals surface area contributed by atoms with Crippen LogP contribution in [0.5, 0.6) is 0 Å². The van der Waals surface area contributed by atoms with Crippen LogP contribution < -0.4 is 5.73 Å². The predicted molar refractivity (Wildman–Crippen MR) is 47.5 cm³/mol. The fraction of sp³-hybridized carbons (Fsp3) is 0.778. The van der Waals surface area contributed by atoms with Crippen molar-refractivity contribution in [3.8, 4) is 0 Å². The summed E-state index contributed by atoms with van der Waals surface area (Å²) >= 11 is 0. The van der Waals surface area contributed by atoms with Gasteiger partial charge in [0.25, 0.3) is 0 Å². The van der Waals surface area contributed by atoms with Crippen LogP contribution in [0.4, 0.5) is 0 Å². The number of carbonyl (C=O) groups excluding carboxylic acids is 2. The maximum Gasteiger partial charge on any atom is 0.331 e. The van der Waals surface area contributed by atoms with E-state index < -0.39 is 0 Å². The van der Waals surface area contributed by atoms with Crippen LogP contribution in [0.2, 0.25) is 0 Å². The van der Waals surface area contributed by atoms with E-state index >= 15 is 0 Å². The molecule has 0 saturated carbocycles. The number of hydrogen-bond donors (Lipinski definition) is 1. The molecule has 1 fully saturated rings. The van der Waals surface area contributed by atoms with Gasteiger partial charge in [-0.2, -0.15) is 0 Å². The summed E-state index contributed by atoms with van der Waals surface area (Å²) in [7, 11) is 0. The van der Waals surface area contributed by atoms with Gasteiger partial charge in [-0.25, -0.2) is 4.79 Å². The van der Waals surface area contributed by atoms with E-state index in [4.69, 9.17) is 0 Å². The van der Waals surface area contributed by atoms with Gasteiger partial charge < -0.3 is 4.90 Å². The van der Waals surface area contributed by atoms with Crippen molar-refractivity contribution in [3.63, 3.8) is 0 Å². The summed E-state index contributed by atoms with van der Waals surface area (Å²) in [4.78, 5) is 24.4. The summed E-state index contributed by atoms with van der Waals surface area (Å²) < 4.78 is 0. The standard InChI is InChI=1S/C9H16N2O2/c1-6(2)9(13)11-5-3-4-7(11)8(10)12/h6-7H,3-5H2,1-2H3,(H2,10,12)/p+1. The molecule has 0 aromatic rings. The molecule has 4 nitrogen and oxygen atoms in total. The van der Waals surface area contributed by atoms with Gasteiger partial charge in [0, 0.05) is 12.5 Å². The zero-order valence-corrected chi connectivity index (χ0v) is 8.25. The SMILES string of the molecule is CC(C)C(=O)N1CCCC1C([NH3+])=O. The largest absolute Gasteiger partial charge is 0.331 e. The van der Waals surface area contributed by atoms with Crippen molar-refractivity contribution in [2.24, 2.45) is 5.92 Å². The third-order valence-corrected chi connectivity index (χ3v) is 2.40. The molecule has 13 heavy (non-hydrogen) atoms. The first-order chi connectivity index (χ1) is 6.04. The molecule has 0 radical (unpaired) electrons. The van der Waals surface area contributed by atoms with E-state index in [1.807, 2.05) is 13.8 Å². The van der Waals surface area contributed by atoms with Gasteiger partial charge in [-0.3, -0.25) is 10.5 Å². The van der Waals surface area contributed by atoms with Crippen molar-refractivity contribution in [1.82, 2.24) is 4.90 Å². The second-order valence-corrected chi connectivity index (χ2v) is 3.81. The number of amides is 2. The molecule has 0 aliphatic carbocycles. The summed E-state index contributed by atoms with van der Waals surface area (Å²) in [5, 5.41) is 0. The van der Waals surface area contributed by atoms with E-state index in [1.54, 1.807) is 4.90 Å². The van der Waals surface area contributed by atoms with Crippen LogP contribution >= 0.6 is 0 Å². The maximum atomic E-state index is 11.6. The molecule has 0 aromatic carbocycles. The normalized spacial score (nSPS) is 22.5. The Bertz CT molecular complexity index is 226. The number of quaternary nitrogens is 1. The zero-order chi connectivity index (χ0) is 10.0. The predicted octanol–water partition coefficient (Wildman–Crippen LogP) is -0.598. The third kappa shape index (κ3) is 2.06. The van der Waals surface area contributed by atoms with E-state index in [-0.39, 0.29) is 23.8 Å². The topological polar surface area (TPSA) is 65.0 Å². The average Bonchev–Trinajstić information content (AvgIpc) is 2.50. The Labute approximate surface area is 78.1 Å². The van der Waals surface area contributed by atoms with Crippen LogP contribution in [0, 0.1) is 5.92 Å². The lowest BCUT2D eigenvalue weighted by Crippen LogP contribution is -2.65. The first kappa shape index (κ1) is 10.2. The first-order valence-corrected chi connectivity index (χ1v) is 4.70.